The monoisotopic (exact) mass is 402 g/mol. The largest absolute Gasteiger partial charge is 0.497 e. The summed E-state index contributed by atoms with van der Waals surface area (Å²) in [5, 5.41) is 9.89. The Balaban J connectivity index is 1.78. The van der Waals surface area contributed by atoms with Gasteiger partial charge in [0.25, 0.3) is 5.91 Å². The molecule has 0 saturated heterocycles. The van der Waals surface area contributed by atoms with Crippen LogP contribution in [0.5, 0.6) is 11.5 Å². The lowest BCUT2D eigenvalue weighted by Gasteiger charge is -2.30. The Kier molecular flexibility index (Phi) is 5.67. The van der Waals surface area contributed by atoms with Crippen molar-refractivity contribution in [2.24, 2.45) is 0 Å². The van der Waals surface area contributed by atoms with Crippen LogP contribution in [0.15, 0.2) is 18.2 Å². The number of H-pyrrole nitrogens is 1. The summed E-state index contributed by atoms with van der Waals surface area (Å²) in [5.41, 5.74) is 1.68. The zero-order valence-electron chi connectivity index (χ0n) is 17.3. The SMILES string of the molecule is COc1ccc(NC(=O)c2n[nH]c3c2CN(C(=O)OC(C)(C)C)CC3)c(OC)c1. The van der Waals surface area contributed by atoms with Crippen LogP contribution in [0.3, 0.4) is 0 Å². The number of benzene rings is 1. The van der Waals surface area contributed by atoms with Crippen molar-refractivity contribution in [1.82, 2.24) is 15.1 Å². The van der Waals surface area contributed by atoms with Gasteiger partial charge >= 0.3 is 6.09 Å². The molecule has 0 saturated carbocycles. The van der Waals surface area contributed by atoms with Gasteiger partial charge in [0, 0.05) is 30.3 Å². The van der Waals surface area contributed by atoms with Gasteiger partial charge in [-0.2, -0.15) is 5.10 Å². The zero-order valence-corrected chi connectivity index (χ0v) is 17.3. The van der Waals surface area contributed by atoms with E-state index >= 15 is 0 Å². The van der Waals surface area contributed by atoms with Crippen LogP contribution < -0.4 is 14.8 Å². The third kappa shape index (κ3) is 4.61. The quantitative estimate of drug-likeness (QED) is 0.814. The molecule has 2 N–H and O–H groups in total. The van der Waals surface area contributed by atoms with E-state index in [0.29, 0.717) is 35.7 Å². The van der Waals surface area contributed by atoms with Gasteiger partial charge in [-0.3, -0.25) is 9.89 Å². The van der Waals surface area contributed by atoms with Gasteiger partial charge in [0.05, 0.1) is 26.5 Å². The molecule has 2 heterocycles. The number of aromatic amines is 1. The average molecular weight is 402 g/mol. The van der Waals surface area contributed by atoms with Crippen LogP contribution >= 0.6 is 0 Å². The molecule has 0 unspecified atom stereocenters. The second kappa shape index (κ2) is 8.02. The van der Waals surface area contributed by atoms with Crippen molar-refractivity contribution in [2.45, 2.75) is 39.3 Å². The van der Waals surface area contributed by atoms with E-state index in [0.717, 1.165) is 5.69 Å². The van der Waals surface area contributed by atoms with Crippen LogP contribution in [-0.2, 0) is 17.7 Å². The molecule has 9 heteroatoms. The fourth-order valence-electron chi connectivity index (χ4n) is 3.05. The van der Waals surface area contributed by atoms with Crippen molar-refractivity contribution < 1.29 is 23.8 Å². The highest BCUT2D eigenvalue weighted by molar-refractivity contribution is 6.05. The van der Waals surface area contributed by atoms with Crippen molar-refractivity contribution in [3.8, 4) is 11.5 Å². The van der Waals surface area contributed by atoms with E-state index in [1.165, 1.54) is 7.11 Å². The standard InChI is InChI=1S/C20H26N4O5/c1-20(2,3)29-19(26)24-9-8-14-13(11-24)17(23-22-14)18(25)21-15-7-6-12(27-4)10-16(15)28-5/h6-7,10H,8-9,11H2,1-5H3,(H,21,25)(H,22,23). The van der Waals surface area contributed by atoms with Crippen LogP contribution in [0.2, 0.25) is 0 Å². The summed E-state index contributed by atoms with van der Waals surface area (Å²) in [6.45, 7) is 6.21. The highest BCUT2D eigenvalue weighted by Crippen LogP contribution is 2.30. The molecule has 1 aromatic heterocycles. The zero-order chi connectivity index (χ0) is 21.2. The second-order valence-corrected chi connectivity index (χ2v) is 7.70. The molecule has 0 radical (unpaired) electrons. The number of hydrogen-bond donors (Lipinski definition) is 2. The number of rotatable bonds is 4. The Bertz CT molecular complexity index is 916. The molecule has 1 aliphatic heterocycles. The van der Waals surface area contributed by atoms with Crippen molar-refractivity contribution in [3.63, 3.8) is 0 Å². The minimum Gasteiger partial charge on any atom is -0.497 e. The Hall–Kier alpha value is -3.23. The summed E-state index contributed by atoms with van der Waals surface area (Å²) in [7, 11) is 3.07. The molecule has 2 amide bonds. The maximum atomic E-state index is 12.9. The van der Waals surface area contributed by atoms with E-state index in [1.54, 1.807) is 30.2 Å². The normalized spacial score (nSPS) is 13.5. The lowest BCUT2D eigenvalue weighted by molar-refractivity contribution is 0.0222. The number of anilines is 1. The number of ether oxygens (including phenoxy) is 3. The van der Waals surface area contributed by atoms with E-state index in [9.17, 15) is 9.59 Å². The van der Waals surface area contributed by atoms with Crippen LogP contribution in [0, 0.1) is 0 Å². The van der Waals surface area contributed by atoms with Gasteiger partial charge in [0.15, 0.2) is 5.69 Å². The number of nitrogens with one attached hydrogen (secondary N) is 2. The topological polar surface area (TPSA) is 106 Å². The molecule has 0 atom stereocenters. The molecule has 1 aromatic carbocycles. The minimum atomic E-state index is -0.584. The molecule has 2 aromatic rings. The number of hydrogen-bond acceptors (Lipinski definition) is 6. The van der Waals surface area contributed by atoms with Gasteiger partial charge < -0.3 is 24.4 Å². The smallest absolute Gasteiger partial charge is 0.410 e. The lowest BCUT2D eigenvalue weighted by Crippen LogP contribution is -2.40. The maximum absolute atomic E-state index is 12.9. The van der Waals surface area contributed by atoms with E-state index in [-0.39, 0.29) is 12.2 Å². The highest BCUT2D eigenvalue weighted by Gasteiger charge is 2.30. The Labute approximate surface area is 169 Å². The second-order valence-electron chi connectivity index (χ2n) is 7.70. The Morgan fingerprint density at radius 2 is 1.97 bits per heavy atom. The predicted molar refractivity (Wildman–Crippen MR) is 106 cm³/mol. The molecular weight excluding hydrogens is 376 g/mol. The first-order valence-corrected chi connectivity index (χ1v) is 9.29. The number of methoxy groups -OCH3 is 2. The van der Waals surface area contributed by atoms with Crippen molar-refractivity contribution in [3.05, 3.63) is 35.2 Å². The van der Waals surface area contributed by atoms with E-state index < -0.39 is 17.6 Å². The fraction of sp³-hybridized carbons (Fsp3) is 0.450. The molecule has 1 aliphatic rings. The molecule has 29 heavy (non-hydrogen) atoms. The number of carbonyl (C=O) groups is 2. The Morgan fingerprint density at radius 1 is 1.21 bits per heavy atom. The summed E-state index contributed by atoms with van der Waals surface area (Å²) in [4.78, 5) is 26.8. The number of nitrogens with zero attached hydrogens (tertiary/aromatic N) is 2. The molecular formula is C20H26N4O5. The van der Waals surface area contributed by atoms with Crippen LogP contribution in [0.4, 0.5) is 10.5 Å². The number of carbonyl (C=O) groups excluding carboxylic acids is 2. The molecule has 0 aliphatic carbocycles. The number of aromatic nitrogens is 2. The van der Waals surface area contributed by atoms with E-state index in [2.05, 4.69) is 15.5 Å². The summed E-state index contributed by atoms with van der Waals surface area (Å²) in [5.74, 6) is 0.694. The van der Waals surface area contributed by atoms with Crippen molar-refractivity contribution in [2.75, 3.05) is 26.1 Å². The Morgan fingerprint density at radius 3 is 2.62 bits per heavy atom. The molecule has 3 rings (SSSR count). The van der Waals surface area contributed by atoms with E-state index in [1.807, 2.05) is 20.8 Å². The first-order chi connectivity index (χ1) is 13.7. The number of amides is 2. The molecule has 0 fully saturated rings. The fourth-order valence-corrected chi connectivity index (χ4v) is 3.05. The third-order valence-corrected chi connectivity index (χ3v) is 4.46. The summed E-state index contributed by atoms with van der Waals surface area (Å²) in [6, 6.07) is 5.10. The summed E-state index contributed by atoms with van der Waals surface area (Å²) < 4.78 is 15.9. The summed E-state index contributed by atoms with van der Waals surface area (Å²) in [6.07, 6.45) is 0.160. The first kappa shape index (κ1) is 20.5. The predicted octanol–water partition coefficient (Wildman–Crippen LogP) is 2.97. The molecule has 156 valence electrons. The van der Waals surface area contributed by atoms with Gasteiger partial charge in [-0.15, -0.1) is 0 Å². The van der Waals surface area contributed by atoms with Crippen molar-refractivity contribution in [1.29, 1.82) is 0 Å². The molecule has 0 spiro atoms. The van der Waals surface area contributed by atoms with Gasteiger partial charge in [-0.1, -0.05) is 0 Å². The van der Waals surface area contributed by atoms with Gasteiger partial charge in [-0.25, -0.2) is 4.79 Å². The lowest BCUT2D eigenvalue weighted by atomic mass is 10.1. The van der Waals surface area contributed by atoms with E-state index in [4.69, 9.17) is 14.2 Å². The van der Waals surface area contributed by atoms with Gasteiger partial charge in [-0.05, 0) is 32.9 Å². The third-order valence-electron chi connectivity index (χ3n) is 4.46. The van der Waals surface area contributed by atoms with Gasteiger partial charge in [0.2, 0.25) is 0 Å². The average Bonchev–Trinajstić information content (AvgIpc) is 3.10. The van der Waals surface area contributed by atoms with Crippen LogP contribution in [0.1, 0.15) is 42.5 Å². The summed E-state index contributed by atoms with van der Waals surface area (Å²) >= 11 is 0. The van der Waals surface area contributed by atoms with Crippen LogP contribution in [0.25, 0.3) is 0 Å². The first-order valence-electron chi connectivity index (χ1n) is 9.29. The minimum absolute atomic E-state index is 0.242. The maximum Gasteiger partial charge on any atom is 0.410 e. The highest BCUT2D eigenvalue weighted by atomic mass is 16.6. The number of fused-ring (bicyclic) bond motifs is 1. The van der Waals surface area contributed by atoms with Crippen molar-refractivity contribution >= 4 is 17.7 Å². The molecule has 0 bridgehead atoms. The van der Waals surface area contributed by atoms with Gasteiger partial charge in [0.1, 0.15) is 17.1 Å². The molecule has 9 nitrogen and oxygen atoms in total. The van der Waals surface area contributed by atoms with Crippen LogP contribution in [-0.4, -0.2) is 53.5 Å².